The molecule has 1 heterocycles. The molecule has 0 bridgehead atoms. The van der Waals surface area contributed by atoms with Crippen molar-refractivity contribution in [3.05, 3.63) is 24.7 Å². The van der Waals surface area contributed by atoms with Crippen LogP contribution in [0.2, 0.25) is 0 Å². The third-order valence-electron chi connectivity index (χ3n) is 1.83. The first-order valence-electron chi connectivity index (χ1n) is 5.87. The minimum Gasteiger partial charge on any atom is -0.357 e. The molecule has 1 rings (SSSR count). The second-order valence-corrected chi connectivity index (χ2v) is 4.02. The molecule has 5 nitrogen and oxygen atoms in total. The number of likely N-dealkylation sites (N-methyl/N-ethyl adjacent to an activating group) is 1. The monoisotopic (exact) mass is 271 g/mol. The average Bonchev–Trinajstić information content (AvgIpc) is 2.40. The van der Waals surface area contributed by atoms with E-state index in [1.807, 2.05) is 18.0 Å². The molecule has 0 aliphatic rings. The lowest BCUT2D eigenvalue weighted by Crippen LogP contribution is -2.22. The summed E-state index contributed by atoms with van der Waals surface area (Å²) in [5.41, 5.74) is 0. The van der Waals surface area contributed by atoms with Gasteiger partial charge >= 0.3 is 0 Å². The molecular formula is C12H22N3O2P. The summed E-state index contributed by atoms with van der Waals surface area (Å²) in [7, 11) is 1.44. The Bertz CT molecular complexity index is 337. The summed E-state index contributed by atoms with van der Waals surface area (Å²) in [4.78, 5) is 18.7. The van der Waals surface area contributed by atoms with Crippen LogP contribution in [-0.4, -0.2) is 35.1 Å². The molecule has 0 aliphatic heterocycles. The standard InChI is InChI=1S/C9H14N3O2P.C3H8/c1-3-8-10-5-4-9(11-8)12(2)6-7-14-15-13;1-3-2/h3-5,13,15H,1,6-7H2,2H3;3H2,1-2H3. The van der Waals surface area contributed by atoms with Crippen molar-refractivity contribution < 1.29 is 9.42 Å². The summed E-state index contributed by atoms with van der Waals surface area (Å²) < 4.78 is 4.86. The molecular weight excluding hydrogens is 249 g/mol. The highest BCUT2D eigenvalue weighted by atomic mass is 31.1. The molecule has 0 saturated heterocycles. The minimum absolute atomic E-state index is 0.463. The van der Waals surface area contributed by atoms with Gasteiger partial charge in [0.25, 0.3) is 0 Å². The van der Waals surface area contributed by atoms with Gasteiger partial charge in [0.05, 0.1) is 6.61 Å². The van der Waals surface area contributed by atoms with E-state index in [2.05, 4.69) is 30.4 Å². The smallest absolute Gasteiger partial charge is 0.153 e. The Morgan fingerprint density at radius 1 is 1.56 bits per heavy atom. The first kappa shape index (κ1) is 17.0. The first-order chi connectivity index (χ1) is 8.69. The predicted octanol–water partition coefficient (Wildman–Crippen LogP) is 2.49. The Morgan fingerprint density at radius 2 is 2.22 bits per heavy atom. The summed E-state index contributed by atoms with van der Waals surface area (Å²) >= 11 is 0. The van der Waals surface area contributed by atoms with Crippen LogP contribution in [0.1, 0.15) is 26.1 Å². The van der Waals surface area contributed by atoms with E-state index in [1.54, 1.807) is 12.3 Å². The van der Waals surface area contributed by atoms with Crippen molar-refractivity contribution in [3.63, 3.8) is 0 Å². The summed E-state index contributed by atoms with van der Waals surface area (Å²) in [6, 6.07) is 1.81. The molecule has 1 N–H and O–H groups in total. The lowest BCUT2D eigenvalue weighted by atomic mass is 10.4. The van der Waals surface area contributed by atoms with Crippen molar-refractivity contribution >= 4 is 20.9 Å². The molecule has 1 aromatic rings. The average molecular weight is 271 g/mol. The van der Waals surface area contributed by atoms with Crippen LogP contribution in [0.5, 0.6) is 0 Å². The Morgan fingerprint density at radius 3 is 2.78 bits per heavy atom. The fraction of sp³-hybridized carbons (Fsp3) is 0.500. The fourth-order valence-electron chi connectivity index (χ4n) is 1.02. The maximum absolute atomic E-state index is 8.48. The van der Waals surface area contributed by atoms with Gasteiger partial charge in [0.15, 0.2) is 14.9 Å². The molecule has 6 heteroatoms. The normalized spacial score (nSPS) is 10.0. The second kappa shape index (κ2) is 11.1. The fourth-order valence-corrected chi connectivity index (χ4v) is 1.20. The Hall–Kier alpha value is -1.03. The van der Waals surface area contributed by atoms with Crippen LogP contribution >= 0.6 is 9.03 Å². The molecule has 1 aromatic heterocycles. The zero-order valence-corrected chi connectivity index (χ0v) is 12.3. The number of anilines is 1. The maximum atomic E-state index is 8.48. The van der Waals surface area contributed by atoms with E-state index in [0.29, 0.717) is 19.0 Å². The molecule has 0 aliphatic carbocycles. The summed E-state index contributed by atoms with van der Waals surface area (Å²) in [6.45, 7) is 9.00. The molecule has 0 fully saturated rings. The zero-order valence-electron chi connectivity index (χ0n) is 11.3. The van der Waals surface area contributed by atoms with Gasteiger partial charge in [-0.1, -0.05) is 26.8 Å². The van der Waals surface area contributed by atoms with E-state index in [1.165, 1.54) is 6.42 Å². The van der Waals surface area contributed by atoms with Crippen LogP contribution in [0.15, 0.2) is 18.8 Å². The lowest BCUT2D eigenvalue weighted by molar-refractivity contribution is 0.334. The quantitative estimate of drug-likeness (QED) is 0.636. The molecule has 0 saturated carbocycles. The molecule has 1 atom stereocenters. The van der Waals surface area contributed by atoms with Gasteiger partial charge in [0.1, 0.15) is 5.82 Å². The molecule has 0 spiro atoms. The Labute approximate surface area is 111 Å². The van der Waals surface area contributed by atoms with Crippen LogP contribution < -0.4 is 4.90 Å². The van der Waals surface area contributed by atoms with Gasteiger partial charge in [-0.2, -0.15) is 0 Å². The number of hydrogen-bond acceptors (Lipinski definition) is 5. The first-order valence-corrected chi connectivity index (χ1v) is 6.72. The van der Waals surface area contributed by atoms with Crippen LogP contribution in [-0.2, 0) is 4.52 Å². The second-order valence-electron chi connectivity index (χ2n) is 3.55. The largest absolute Gasteiger partial charge is 0.357 e. The third kappa shape index (κ3) is 7.33. The Balaban J connectivity index is 0.000000873. The van der Waals surface area contributed by atoms with Crippen molar-refractivity contribution in [1.82, 2.24) is 9.97 Å². The van der Waals surface area contributed by atoms with Gasteiger partial charge in [-0.15, -0.1) is 0 Å². The summed E-state index contributed by atoms with van der Waals surface area (Å²) in [6.07, 6.45) is 4.54. The highest BCUT2D eigenvalue weighted by molar-refractivity contribution is 7.24. The molecule has 0 amide bonds. The predicted molar refractivity (Wildman–Crippen MR) is 77.8 cm³/mol. The number of hydrogen-bond donors (Lipinski definition) is 1. The van der Waals surface area contributed by atoms with Crippen molar-refractivity contribution in [3.8, 4) is 0 Å². The number of aromatic nitrogens is 2. The minimum atomic E-state index is -0.463. The van der Waals surface area contributed by atoms with Crippen LogP contribution in [0.3, 0.4) is 0 Å². The van der Waals surface area contributed by atoms with Crippen LogP contribution in [0, 0.1) is 0 Å². The maximum Gasteiger partial charge on any atom is 0.153 e. The van der Waals surface area contributed by atoms with E-state index < -0.39 is 9.03 Å². The topological polar surface area (TPSA) is 58.5 Å². The van der Waals surface area contributed by atoms with Crippen LogP contribution in [0.25, 0.3) is 6.08 Å². The van der Waals surface area contributed by atoms with E-state index in [0.717, 1.165) is 5.82 Å². The van der Waals surface area contributed by atoms with Crippen LogP contribution in [0.4, 0.5) is 5.82 Å². The summed E-state index contributed by atoms with van der Waals surface area (Å²) in [5, 5.41) is 0. The van der Waals surface area contributed by atoms with E-state index in [-0.39, 0.29) is 0 Å². The van der Waals surface area contributed by atoms with Crippen molar-refractivity contribution in [1.29, 1.82) is 0 Å². The van der Waals surface area contributed by atoms with Crippen molar-refractivity contribution in [2.45, 2.75) is 20.3 Å². The van der Waals surface area contributed by atoms with Crippen molar-refractivity contribution in [2.24, 2.45) is 0 Å². The molecule has 1 unspecified atom stereocenters. The highest BCUT2D eigenvalue weighted by Gasteiger charge is 2.02. The van der Waals surface area contributed by atoms with Gasteiger partial charge in [0.2, 0.25) is 0 Å². The van der Waals surface area contributed by atoms with Gasteiger partial charge in [-0.3, -0.25) is 0 Å². The van der Waals surface area contributed by atoms with E-state index in [4.69, 9.17) is 9.42 Å². The summed E-state index contributed by atoms with van der Waals surface area (Å²) in [5.74, 6) is 1.41. The Kier molecular flexibility index (Phi) is 10.4. The molecule has 0 radical (unpaired) electrons. The van der Waals surface area contributed by atoms with Gasteiger partial charge in [0, 0.05) is 19.8 Å². The number of nitrogens with zero attached hydrogens (tertiary/aromatic N) is 3. The third-order valence-corrected chi connectivity index (χ3v) is 2.16. The van der Waals surface area contributed by atoms with Crippen molar-refractivity contribution in [2.75, 3.05) is 25.1 Å². The SMILES string of the molecule is C=Cc1nccc(N(C)CCOPO)n1.CCC. The highest BCUT2D eigenvalue weighted by Crippen LogP contribution is 2.09. The molecule has 18 heavy (non-hydrogen) atoms. The molecule has 0 aromatic carbocycles. The number of rotatable bonds is 6. The van der Waals surface area contributed by atoms with Gasteiger partial charge < -0.3 is 14.3 Å². The van der Waals surface area contributed by atoms with Gasteiger partial charge in [-0.25, -0.2) is 9.97 Å². The van der Waals surface area contributed by atoms with E-state index >= 15 is 0 Å². The zero-order chi connectivity index (χ0) is 13.8. The molecule has 102 valence electrons. The van der Waals surface area contributed by atoms with Gasteiger partial charge in [-0.05, 0) is 12.1 Å². The van der Waals surface area contributed by atoms with E-state index in [9.17, 15) is 0 Å². The lowest BCUT2D eigenvalue weighted by Gasteiger charge is -2.17.